The molecule has 0 aliphatic carbocycles. The Morgan fingerprint density at radius 2 is 1.43 bits per heavy atom. The summed E-state index contributed by atoms with van der Waals surface area (Å²) in [5, 5.41) is 14.9. The van der Waals surface area contributed by atoms with Crippen molar-refractivity contribution < 1.29 is 25.2 Å². The summed E-state index contributed by atoms with van der Waals surface area (Å²) >= 11 is 0. The number of nitrogens with zero attached hydrogens (tertiary/aromatic N) is 3. The molecule has 2 heterocycles. The number of imidazole rings is 1. The van der Waals surface area contributed by atoms with Gasteiger partial charge < -0.3 is 10.1 Å². The van der Waals surface area contributed by atoms with E-state index >= 15 is 0 Å². The van der Waals surface area contributed by atoms with E-state index in [-0.39, 0.29) is 25.9 Å². The number of pyridine rings is 1. The number of phenolic OH excluding ortho intramolecular Hbond substituents is 1. The quantitative estimate of drug-likeness (QED) is 0.146. The van der Waals surface area contributed by atoms with E-state index in [4.69, 9.17) is 4.98 Å². The molecule has 0 amide bonds. The Balaban J connectivity index is 0.000000169. The molecule has 7 aromatic rings. The van der Waals surface area contributed by atoms with Gasteiger partial charge in [0.05, 0.1) is 5.56 Å². The first-order valence-electron chi connectivity index (χ1n) is 13.6. The molecule has 5 aromatic carbocycles. The van der Waals surface area contributed by atoms with Crippen LogP contribution < -0.4 is 0 Å². The van der Waals surface area contributed by atoms with E-state index in [2.05, 4.69) is 80.4 Å². The smallest absolute Gasteiger partial charge is 0.148 e. The molecule has 0 atom stereocenters. The van der Waals surface area contributed by atoms with E-state index in [1.54, 1.807) is 18.3 Å². The number of phenols is 1. The van der Waals surface area contributed by atoms with E-state index in [1.807, 2.05) is 59.4 Å². The van der Waals surface area contributed by atoms with Crippen molar-refractivity contribution in [2.75, 3.05) is 0 Å². The zero-order valence-corrected chi connectivity index (χ0v) is 26.1. The molecule has 7 rings (SSSR count). The predicted molar refractivity (Wildman–Crippen MR) is 168 cm³/mol. The van der Waals surface area contributed by atoms with Crippen molar-refractivity contribution in [3.8, 4) is 34.1 Å². The summed E-state index contributed by atoms with van der Waals surface area (Å²) in [6.45, 7) is 6.38. The second-order valence-electron chi connectivity index (χ2n) is 10.2. The molecular weight excluding hydrogens is 695 g/mol. The summed E-state index contributed by atoms with van der Waals surface area (Å²) in [7, 11) is 0. The van der Waals surface area contributed by atoms with Gasteiger partial charge in [-0.3, -0.25) is 4.57 Å². The van der Waals surface area contributed by atoms with Gasteiger partial charge in [-0.2, -0.15) is 0 Å². The molecule has 0 unspecified atom stereocenters. The number of aromatic nitrogens is 3. The first-order valence-corrected chi connectivity index (χ1v) is 13.6. The molecule has 0 bridgehead atoms. The number of benzene rings is 5. The molecule has 1 N–H and O–H groups in total. The van der Waals surface area contributed by atoms with Gasteiger partial charge >= 0.3 is 0 Å². The number of hydrogen-bond acceptors (Lipinski definition) is 3. The molecule has 4 nitrogen and oxygen atoms in total. The van der Waals surface area contributed by atoms with Crippen LogP contribution in [-0.2, 0) is 20.1 Å². The minimum atomic E-state index is 0. The molecule has 1 radical (unpaired) electrons. The first kappa shape index (κ1) is 28.9. The molecule has 209 valence electrons. The first-order chi connectivity index (χ1) is 20.0. The average molecular weight is 725 g/mol. The minimum absolute atomic E-state index is 0. The molecule has 0 saturated carbocycles. The Hall–Kier alpha value is -4.57. The summed E-state index contributed by atoms with van der Waals surface area (Å²) in [6, 6.07) is 37.9. The zero-order valence-electron chi connectivity index (χ0n) is 23.7. The fourth-order valence-corrected chi connectivity index (χ4v) is 5.43. The molecule has 42 heavy (non-hydrogen) atoms. The van der Waals surface area contributed by atoms with Gasteiger partial charge in [0.15, 0.2) is 0 Å². The van der Waals surface area contributed by atoms with Crippen LogP contribution in [0.4, 0.5) is 0 Å². The number of aromatic hydroxyl groups is 1. The molecule has 0 spiro atoms. The Morgan fingerprint density at radius 1 is 0.714 bits per heavy atom. The van der Waals surface area contributed by atoms with Gasteiger partial charge in [0, 0.05) is 44.4 Å². The Labute approximate surface area is 259 Å². The van der Waals surface area contributed by atoms with Crippen LogP contribution in [-0.4, -0.2) is 19.6 Å². The Morgan fingerprint density at radius 3 is 2.19 bits per heavy atom. The Bertz CT molecular complexity index is 1980. The maximum Gasteiger partial charge on any atom is 0.148 e. The van der Waals surface area contributed by atoms with Gasteiger partial charge in [-0.05, 0) is 70.1 Å². The second-order valence-corrected chi connectivity index (χ2v) is 10.2. The number of rotatable bonds is 3. The molecular formula is C37H30IrN3O-. The SMILES string of the molecule is Cc1[c-]c(-c2nccc3cc(C)c4ccccc4c23)cc(C)c1.Oc1ccccc1-c1nccn1-c1ccccc1.[Ir]. The van der Waals surface area contributed by atoms with Gasteiger partial charge in [0.1, 0.15) is 11.6 Å². The van der Waals surface area contributed by atoms with Crippen molar-refractivity contribution in [1.29, 1.82) is 0 Å². The standard InChI is InChI=1S/C22H18N.C15H12N2O.Ir/c1-14-10-15(2)12-18(11-14)22-21-17(8-9-23-22)13-16(3)19-6-4-5-7-20(19)21;18-14-9-5-4-8-13(14)15-16-10-11-17(15)12-6-2-1-3-7-12;/h4-11,13H,1-3H3;1-11,18H;/q-1;;. The predicted octanol–water partition coefficient (Wildman–Crippen LogP) is 9.02. The van der Waals surface area contributed by atoms with Gasteiger partial charge in [0.2, 0.25) is 0 Å². The average Bonchev–Trinajstić information content (AvgIpc) is 3.47. The Kier molecular flexibility index (Phi) is 8.63. The number of hydrogen-bond donors (Lipinski definition) is 1. The van der Waals surface area contributed by atoms with Crippen LogP contribution in [0.5, 0.6) is 5.75 Å². The largest absolute Gasteiger partial charge is 0.507 e. The summed E-state index contributed by atoms with van der Waals surface area (Å²) in [5.74, 6) is 0.972. The van der Waals surface area contributed by atoms with Gasteiger partial charge in [0.25, 0.3) is 0 Å². The van der Waals surface area contributed by atoms with E-state index < -0.39 is 0 Å². The maximum atomic E-state index is 9.90. The van der Waals surface area contributed by atoms with Crippen LogP contribution in [0.1, 0.15) is 16.7 Å². The van der Waals surface area contributed by atoms with Crippen molar-refractivity contribution in [3.63, 3.8) is 0 Å². The van der Waals surface area contributed by atoms with Crippen LogP contribution in [0.25, 0.3) is 49.9 Å². The number of aryl methyl sites for hydroxylation is 3. The van der Waals surface area contributed by atoms with E-state index in [0.717, 1.165) is 33.9 Å². The summed E-state index contributed by atoms with van der Waals surface area (Å²) in [6.07, 6.45) is 5.52. The number of para-hydroxylation sites is 2. The summed E-state index contributed by atoms with van der Waals surface area (Å²) in [4.78, 5) is 9.03. The molecule has 5 heteroatoms. The van der Waals surface area contributed by atoms with Gasteiger partial charge in [-0.15, -0.1) is 34.9 Å². The van der Waals surface area contributed by atoms with E-state index in [9.17, 15) is 5.11 Å². The van der Waals surface area contributed by atoms with Crippen LogP contribution >= 0.6 is 0 Å². The van der Waals surface area contributed by atoms with E-state index in [0.29, 0.717) is 0 Å². The summed E-state index contributed by atoms with van der Waals surface area (Å²) in [5.41, 5.74) is 7.53. The molecule has 0 aliphatic rings. The van der Waals surface area contributed by atoms with Crippen molar-refractivity contribution in [1.82, 2.24) is 14.5 Å². The topological polar surface area (TPSA) is 50.9 Å². The van der Waals surface area contributed by atoms with Crippen molar-refractivity contribution in [3.05, 3.63) is 144 Å². The second kappa shape index (κ2) is 12.5. The number of fused-ring (bicyclic) bond motifs is 3. The monoisotopic (exact) mass is 725 g/mol. The van der Waals surface area contributed by atoms with Crippen molar-refractivity contribution >= 4 is 21.5 Å². The van der Waals surface area contributed by atoms with Crippen molar-refractivity contribution in [2.24, 2.45) is 0 Å². The molecule has 0 saturated heterocycles. The molecule has 0 aliphatic heterocycles. The molecule has 0 fully saturated rings. The normalized spacial score (nSPS) is 10.6. The van der Waals surface area contributed by atoms with Gasteiger partial charge in [-0.25, -0.2) is 4.98 Å². The van der Waals surface area contributed by atoms with E-state index in [1.165, 1.54) is 32.7 Å². The van der Waals surface area contributed by atoms with Crippen LogP contribution in [0, 0.1) is 26.8 Å². The molecule has 2 aromatic heterocycles. The van der Waals surface area contributed by atoms with Crippen LogP contribution in [0.15, 0.2) is 122 Å². The third-order valence-corrected chi connectivity index (χ3v) is 7.20. The minimum Gasteiger partial charge on any atom is -0.507 e. The summed E-state index contributed by atoms with van der Waals surface area (Å²) < 4.78 is 1.95. The fourth-order valence-electron chi connectivity index (χ4n) is 5.43. The van der Waals surface area contributed by atoms with Gasteiger partial charge in [-0.1, -0.05) is 74.5 Å². The maximum absolute atomic E-state index is 9.90. The third-order valence-electron chi connectivity index (χ3n) is 7.20. The zero-order chi connectivity index (χ0) is 28.3. The van der Waals surface area contributed by atoms with Crippen molar-refractivity contribution in [2.45, 2.75) is 20.8 Å². The van der Waals surface area contributed by atoms with Crippen LogP contribution in [0.3, 0.4) is 0 Å². The van der Waals surface area contributed by atoms with Crippen LogP contribution in [0.2, 0.25) is 0 Å². The fraction of sp³-hybridized carbons (Fsp3) is 0.0811. The third kappa shape index (κ3) is 5.75.